The molecular formula is C33H31F3N6O6. The van der Waals surface area contributed by atoms with E-state index in [-0.39, 0.29) is 64.4 Å². The van der Waals surface area contributed by atoms with Crippen molar-refractivity contribution in [2.75, 3.05) is 13.3 Å². The van der Waals surface area contributed by atoms with Crippen LogP contribution >= 0.6 is 0 Å². The normalized spacial score (nSPS) is 14.1. The number of rotatable bonds is 11. The quantitative estimate of drug-likeness (QED) is 0.122. The molecule has 12 nitrogen and oxygen atoms in total. The predicted molar refractivity (Wildman–Crippen MR) is 165 cm³/mol. The molecule has 0 spiro atoms. The summed E-state index contributed by atoms with van der Waals surface area (Å²) >= 11 is 0. The second-order valence-corrected chi connectivity index (χ2v) is 11.1. The highest BCUT2D eigenvalue weighted by Gasteiger charge is 2.26. The van der Waals surface area contributed by atoms with Crippen LogP contribution in [-0.4, -0.2) is 68.0 Å². The number of hydrogen-bond acceptors (Lipinski definition) is 10. The van der Waals surface area contributed by atoms with Gasteiger partial charge in [-0.05, 0) is 66.3 Å². The van der Waals surface area contributed by atoms with Gasteiger partial charge in [0.2, 0.25) is 12.1 Å². The summed E-state index contributed by atoms with van der Waals surface area (Å²) in [5.41, 5.74) is 0.894. The monoisotopic (exact) mass is 664 g/mol. The van der Waals surface area contributed by atoms with Crippen LogP contribution in [0.25, 0.3) is 33.5 Å². The van der Waals surface area contributed by atoms with Crippen LogP contribution in [0.1, 0.15) is 54.9 Å². The molecular weight excluding hydrogens is 633 g/mol. The van der Waals surface area contributed by atoms with E-state index in [1.54, 1.807) is 30.3 Å². The van der Waals surface area contributed by atoms with Gasteiger partial charge in [0, 0.05) is 12.5 Å². The van der Waals surface area contributed by atoms with Crippen LogP contribution in [0.3, 0.4) is 0 Å². The number of imidazole rings is 1. The van der Waals surface area contributed by atoms with Crippen LogP contribution < -0.4 is 4.74 Å². The van der Waals surface area contributed by atoms with Gasteiger partial charge in [0.1, 0.15) is 31.0 Å². The first kappa shape index (κ1) is 32.5. The Labute approximate surface area is 272 Å². The Hall–Kier alpha value is -5.47. The van der Waals surface area contributed by atoms with Crippen molar-refractivity contribution in [3.05, 3.63) is 77.4 Å². The molecule has 0 amide bonds. The number of tetrazole rings is 1. The van der Waals surface area contributed by atoms with Gasteiger partial charge in [-0.1, -0.05) is 36.8 Å². The van der Waals surface area contributed by atoms with Gasteiger partial charge in [-0.2, -0.15) is 10.2 Å². The molecule has 48 heavy (non-hydrogen) atoms. The molecule has 1 unspecified atom stereocenters. The van der Waals surface area contributed by atoms with Gasteiger partial charge in [0.25, 0.3) is 6.01 Å². The lowest BCUT2D eigenvalue weighted by Crippen LogP contribution is -2.26. The highest BCUT2D eigenvalue weighted by molar-refractivity contribution is 6.02. The second-order valence-electron chi connectivity index (χ2n) is 11.1. The fourth-order valence-corrected chi connectivity index (χ4v) is 5.77. The highest BCUT2D eigenvalue weighted by atomic mass is 19.1. The zero-order valence-electron chi connectivity index (χ0n) is 25.8. The number of halogens is 3. The summed E-state index contributed by atoms with van der Waals surface area (Å²) in [6, 6.07) is 13.3. The van der Waals surface area contributed by atoms with Gasteiger partial charge in [-0.15, -0.1) is 10.2 Å². The third-order valence-corrected chi connectivity index (χ3v) is 7.84. The minimum absolute atomic E-state index is 0.00204. The number of aromatic nitrogens is 6. The van der Waals surface area contributed by atoms with Crippen molar-refractivity contribution < 1.29 is 41.7 Å². The Bertz CT molecular complexity index is 1890. The van der Waals surface area contributed by atoms with Crippen molar-refractivity contribution in [2.24, 2.45) is 0 Å². The first-order chi connectivity index (χ1) is 23.3. The van der Waals surface area contributed by atoms with E-state index >= 15 is 8.78 Å². The molecule has 1 saturated carbocycles. The zero-order valence-corrected chi connectivity index (χ0v) is 25.8. The van der Waals surface area contributed by atoms with E-state index in [4.69, 9.17) is 18.9 Å². The molecule has 2 aromatic heterocycles. The second kappa shape index (κ2) is 14.5. The molecule has 1 aliphatic rings. The molecule has 2 heterocycles. The number of alkyl halides is 1. The molecule has 0 aliphatic heterocycles. The van der Waals surface area contributed by atoms with Crippen molar-refractivity contribution in [3.63, 3.8) is 0 Å². The lowest BCUT2D eigenvalue weighted by Gasteiger charge is -2.22. The third-order valence-electron chi connectivity index (χ3n) is 7.84. The molecule has 5 aromatic rings. The van der Waals surface area contributed by atoms with E-state index < -0.39 is 36.7 Å². The van der Waals surface area contributed by atoms with Gasteiger partial charge >= 0.3 is 12.1 Å². The molecule has 250 valence electrons. The summed E-state index contributed by atoms with van der Waals surface area (Å²) in [4.78, 5) is 30.0. The van der Waals surface area contributed by atoms with Crippen molar-refractivity contribution >= 4 is 23.2 Å². The van der Waals surface area contributed by atoms with E-state index in [1.165, 1.54) is 23.6 Å². The number of nitrogens with one attached hydrogen (secondary N) is 1. The standard InChI is InChI=1S/C33H31F3N6O6/c1-19(47-33(44)48-21-8-3-2-4-9-21)46-31(43)24-12-7-13-27-29(24)42(32(37-27)45-15-14-34)18-20-16-25(35)28(26(36)17-20)22-10-5-6-11-23(22)30-38-40-41-39-30/h5-7,10-13,16-17,19,21H,2-4,8-9,14-15,18H2,1H3,(H,38,39,40,41). The Balaban J connectivity index is 1.29. The molecule has 0 radical (unpaired) electrons. The van der Waals surface area contributed by atoms with Crippen LogP contribution in [0.2, 0.25) is 0 Å². The fourth-order valence-electron chi connectivity index (χ4n) is 5.77. The molecule has 1 atom stereocenters. The average molecular weight is 665 g/mol. The number of esters is 1. The molecule has 1 fully saturated rings. The summed E-state index contributed by atoms with van der Waals surface area (Å²) in [6.07, 6.45) is 1.99. The number of benzene rings is 3. The topological polar surface area (TPSA) is 143 Å². The number of fused-ring (bicyclic) bond motifs is 1. The molecule has 3 aromatic carbocycles. The number of para-hydroxylation sites is 1. The number of nitrogens with zero attached hydrogens (tertiary/aromatic N) is 5. The summed E-state index contributed by atoms with van der Waals surface area (Å²) in [5, 5.41) is 13.7. The van der Waals surface area contributed by atoms with Gasteiger partial charge in [-0.25, -0.2) is 22.8 Å². The van der Waals surface area contributed by atoms with Crippen LogP contribution in [0.15, 0.2) is 54.6 Å². The van der Waals surface area contributed by atoms with Crippen LogP contribution in [0, 0.1) is 11.6 Å². The molecule has 0 saturated heterocycles. The van der Waals surface area contributed by atoms with Crippen molar-refractivity contribution in [3.8, 4) is 28.5 Å². The number of ether oxygens (including phenoxy) is 4. The average Bonchev–Trinajstić information content (AvgIpc) is 3.73. The van der Waals surface area contributed by atoms with Crippen molar-refractivity contribution in [1.82, 2.24) is 30.2 Å². The summed E-state index contributed by atoms with van der Waals surface area (Å²) in [7, 11) is 0. The number of aromatic amines is 1. The van der Waals surface area contributed by atoms with Crippen LogP contribution in [0.5, 0.6) is 6.01 Å². The van der Waals surface area contributed by atoms with E-state index in [1.807, 2.05) is 0 Å². The Morgan fingerprint density at radius 1 is 1.00 bits per heavy atom. The van der Waals surface area contributed by atoms with E-state index in [9.17, 15) is 14.0 Å². The number of hydrogen-bond donors (Lipinski definition) is 1. The Morgan fingerprint density at radius 2 is 1.75 bits per heavy atom. The number of carbonyl (C=O) groups is 2. The van der Waals surface area contributed by atoms with Crippen LogP contribution in [0.4, 0.5) is 18.0 Å². The first-order valence-electron chi connectivity index (χ1n) is 15.4. The highest BCUT2D eigenvalue weighted by Crippen LogP contribution is 2.35. The molecule has 1 aliphatic carbocycles. The van der Waals surface area contributed by atoms with Crippen LogP contribution in [-0.2, 0) is 20.8 Å². The largest absolute Gasteiger partial charge is 0.511 e. The molecule has 1 N–H and O–H groups in total. The maximum atomic E-state index is 15.7. The third kappa shape index (κ3) is 7.09. The van der Waals surface area contributed by atoms with Gasteiger partial charge in [-0.3, -0.25) is 4.57 Å². The van der Waals surface area contributed by atoms with Crippen molar-refractivity contribution in [1.29, 1.82) is 0 Å². The summed E-state index contributed by atoms with van der Waals surface area (Å²) in [6.45, 7) is -0.0345. The lowest BCUT2D eigenvalue weighted by molar-refractivity contribution is -0.0914. The predicted octanol–water partition coefficient (Wildman–Crippen LogP) is 6.55. The summed E-state index contributed by atoms with van der Waals surface area (Å²) in [5.74, 6) is -2.46. The van der Waals surface area contributed by atoms with Gasteiger partial charge in [0.05, 0.1) is 28.7 Å². The SMILES string of the molecule is CC(OC(=O)OC1CCCCC1)OC(=O)c1cccc2nc(OCCF)n(Cc3cc(F)c(-c4ccccc4-c4nn[nH]n4)c(F)c3)c12. The minimum Gasteiger partial charge on any atom is -0.462 e. The Morgan fingerprint density at radius 3 is 2.46 bits per heavy atom. The Kier molecular flexibility index (Phi) is 9.83. The van der Waals surface area contributed by atoms with Gasteiger partial charge < -0.3 is 18.9 Å². The molecule has 15 heteroatoms. The number of H-pyrrole nitrogens is 1. The molecule has 6 rings (SSSR count). The fraction of sp³-hybridized carbons (Fsp3) is 0.333. The van der Waals surface area contributed by atoms with Crippen molar-refractivity contribution in [2.45, 2.75) is 58.0 Å². The smallest absolute Gasteiger partial charge is 0.462 e. The zero-order chi connectivity index (χ0) is 33.6. The summed E-state index contributed by atoms with van der Waals surface area (Å²) < 4.78 is 67.4. The van der Waals surface area contributed by atoms with E-state index in [0.717, 1.165) is 44.2 Å². The maximum absolute atomic E-state index is 15.7. The van der Waals surface area contributed by atoms with E-state index in [0.29, 0.717) is 5.56 Å². The molecule has 0 bridgehead atoms. The van der Waals surface area contributed by atoms with E-state index in [2.05, 4.69) is 25.6 Å². The lowest BCUT2D eigenvalue weighted by atomic mass is 9.97. The number of carbonyl (C=O) groups excluding carboxylic acids is 2. The maximum Gasteiger partial charge on any atom is 0.511 e. The minimum atomic E-state index is -1.30. The first-order valence-corrected chi connectivity index (χ1v) is 15.4. The van der Waals surface area contributed by atoms with Gasteiger partial charge in [0.15, 0.2) is 0 Å².